The molecule has 1 aliphatic heterocycles. The van der Waals surface area contributed by atoms with Crippen molar-refractivity contribution in [2.45, 2.75) is 46.2 Å². The van der Waals surface area contributed by atoms with E-state index in [4.69, 9.17) is 9.15 Å². The Labute approximate surface area is 205 Å². The molecule has 1 amide bonds. The second-order valence-electron chi connectivity index (χ2n) is 9.61. The van der Waals surface area contributed by atoms with E-state index in [0.717, 1.165) is 28.0 Å². The van der Waals surface area contributed by atoms with Gasteiger partial charge in [-0.25, -0.2) is 0 Å². The Bertz CT molecular complexity index is 1480. The lowest BCUT2D eigenvalue weighted by atomic mass is 9.94. The molecule has 0 bridgehead atoms. The molecule has 5 nitrogen and oxygen atoms in total. The highest BCUT2D eigenvalue weighted by Gasteiger charge is 2.42. The summed E-state index contributed by atoms with van der Waals surface area (Å²) in [6, 6.07) is 19.0. The van der Waals surface area contributed by atoms with Crippen molar-refractivity contribution in [1.29, 1.82) is 0 Å². The Morgan fingerprint density at radius 1 is 0.943 bits per heavy atom. The summed E-state index contributed by atoms with van der Waals surface area (Å²) in [7, 11) is 1.62. The number of carbonyl (C=O) groups excluding carboxylic acids is 1. The Balaban J connectivity index is 1.68. The van der Waals surface area contributed by atoms with Gasteiger partial charge in [0.1, 0.15) is 11.3 Å². The minimum absolute atomic E-state index is 0.136. The van der Waals surface area contributed by atoms with Gasteiger partial charge in [-0.1, -0.05) is 50.2 Å². The second kappa shape index (κ2) is 8.73. The average Bonchev–Trinajstić information content (AvgIpc) is 3.12. The highest BCUT2D eigenvalue weighted by molar-refractivity contribution is 5.99. The van der Waals surface area contributed by atoms with Crippen LogP contribution in [0.4, 0.5) is 0 Å². The summed E-state index contributed by atoms with van der Waals surface area (Å²) in [4.78, 5) is 29.3. The Hall–Kier alpha value is -3.86. The van der Waals surface area contributed by atoms with Gasteiger partial charge >= 0.3 is 0 Å². The van der Waals surface area contributed by atoms with Crippen molar-refractivity contribution < 1.29 is 13.9 Å². The topological polar surface area (TPSA) is 59.8 Å². The Kier molecular flexibility index (Phi) is 5.72. The molecular formula is C30H29NO4. The van der Waals surface area contributed by atoms with Crippen LogP contribution in [-0.4, -0.2) is 17.9 Å². The summed E-state index contributed by atoms with van der Waals surface area (Å²) in [5.41, 5.74) is 5.79. The van der Waals surface area contributed by atoms with Gasteiger partial charge in [0.15, 0.2) is 5.43 Å². The molecule has 1 unspecified atom stereocenters. The standard InChI is InChI=1S/C30H29NO4/c1-17(2)21-8-10-22(11-9-21)27-26-28(32)24-14-18(3)19(4)15-25(24)35-29(26)30(33)31(27)16-20-6-12-23(34-5)13-7-20/h6-15,17,27H,16H2,1-5H3. The molecule has 2 heterocycles. The van der Waals surface area contributed by atoms with Gasteiger partial charge in [-0.15, -0.1) is 0 Å². The molecule has 5 heteroatoms. The second-order valence-corrected chi connectivity index (χ2v) is 9.61. The van der Waals surface area contributed by atoms with Gasteiger partial charge in [-0.3, -0.25) is 9.59 Å². The number of nitrogens with zero attached hydrogens (tertiary/aromatic N) is 1. The fourth-order valence-corrected chi connectivity index (χ4v) is 4.78. The number of carbonyl (C=O) groups is 1. The van der Waals surface area contributed by atoms with Gasteiger partial charge in [0.25, 0.3) is 5.91 Å². The molecule has 0 aliphatic carbocycles. The Morgan fingerprint density at radius 2 is 1.60 bits per heavy atom. The summed E-state index contributed by atoms with van der Waals surface area (Å²) >= 11 is 0. The highest BCUT2D eigenvalue weighted by Crippen LogP contribution is 2.39. The highest BCUT2D eigenvalue weighted by atomic mass is 16.5. The van der Waals surface area contributed by atoms with Crippen molar-refractivity contribution in [3.8, 4) is 5.75 Å². The van der Waals surface area contributed by atoms with Crippen molar-refractivity contribution in [2.24, 2.45) is 0 Å². The molecule has 0 N–H and O–H groups in total. The van der Waals surface area contributed by atoms with E-state index in [1.54, 1.807) is 12.0 Å². The molecule has 0 radical (unpaired) electrons. The molecule has 1 aliphatic rings. The number of methoxy groups -OCH3 is 1. The van der Waals surface area contributed by atoms with Crippen LogP contribution in [-0.2, 0) is 6.54 Å². The van der Waals surface area contributed by atoms with E-state index in [-0.39, 0.29) is 17.1 Å². The summed E-state index contributed by atoms with van der Waals surface area (Å²) in [5, 5.41) is 0.509. The van der Waals surface area contributed by atoms with Gasteiger partial charge < -0.3 is 14.1 Å². The van der Waals surface area contributed by atoms with Crippen LogP contribution in [0.2, 0.25) is 0 Å². The van der Waals surface area contributed by atoms with Crippen LogP contribution in [0.1, 0.15) is 69.7 Å². The monoisotopic (exact) mass is 467 g/mol. The first-order valence-electron chi connectivity index (χ1n) is 11.9. The van der Waals surface area contributed by atoms with Gasteiger partial charge in [0.2, 0.25) is 5.76 Å². The summed E-state index contributed by atoms with van der Waals surface area (Å²) in [6.45, 7) is 8.58. The van der Waals surface area contributed by atoms with E-state index in [1.165, 1.54) is 5.56 Å². The quantitative estimate of drug-likeness (QED) is 0.346. The van der Waals surface area contributed by atoms with Crippen molar-refractivity contribution in [3.63, 3.8) is 0 Å². The maximum atomic E-state index is 13.8. The zero-order chi connectivity index (χ0) is 24.9. The first-order valence-corrected chi connectivity index (χ1v) is 11.9. The molecule has 35 heavy (non-hydrogen) atoms. The Morgan fingerprint density at radius 3 is 2.23 bits per heavy atom. The van der Waals surface area contributed by atoms with Crippen LogP contribution in [0.25, 0.3) is 11.0 Å². The smallest absolute Gasteiger partial charge is 0.291 e. The normalized spacial score (nSPS) is 15.2. The van der Waals surface area contributed by atoms with Crippen LogP contribution in [0.3, 0.4) is 0 Å². The number of benzene rings is 3. The van der Waals surface area contributed by atoms with Crippen molar-refractivity contribution >= 4 is 16.9 Å². The van der Waals surface area contributed by atoms with Gasteiger partial charge in [-0.05, 0) is 71.8 Å². The number of ether oxygens (including phenoxy) is 1. The lowest BCUT2D eigenvalue weighted by Crippen LogP contribution is -2.29. The van der Waals surface area contributed by atoms with Gasteiger partial charge in [-0.2, -0.15) is 0 Å². The van der Waals surface area contributed by atoms with Crippen LogP contribution < -0.4 is 10.2 Å². The van der Waals surface area contributed by atoms with Gasteiger partial charge in [0.05, 0.1) is 24.1 Å². The molecule has 3 aromatic carbocycles. The fraction of sp³-hybridized carbons (Fsp3) is 0.267. The average molecular weight is 468 g/mol. The van der Waals surface area contributed by atoms with E-state index < -0.39 is 6.04 Å². The molecule has 178 valence electrons. The molecule has 1 atom stereocenters. The van der Waals surface area contributed by atoms with Crippen LogP contribution in [0.15, 0.2) is 69.9 Å². The van der Waals surface area contributed by atoms with Crippen LogP contribution in [0.5, 0.6) is 5.75 Å². The summed E-state index contributed by atoms with van der Waals surface area (Å²) < 4.78 is 11.4. The number of fused-ring (bicyclic) bond motifs is 2. The molecule has 1 aromatic heterocycles. The molecule has 0 saturated heterocycles. The third-order valence-electron chi connectivity index (χ3n) is 7.01. The van der Waals surface area contributed by atoms with Crippen LogP contribution >= 0.6 is 0 Å². The third kappa shape index (κ3) is 3.91. The zero-order valence-electron chi connectivity index (χ0n) is 20.7. The van der Waals surface area contributed by atoms with E-state index >= 15 is 0 Å². The minimum atomic E-state index is -0.525. The van der Waals surface area contributed by atoms with E-state index in [2.05, 4.69) is 26.0 Å². The zero-order valence-corrected chi connectivity index (χ0v) is 20.7. The lowest BCUT2D eigenvalue weighted by Gasteiger charge is -2.25. The number of rotatable bonds is 5. The first-order chi connectivity index (χ1) is 16.8. The van der Waals surface area contributed by atoms with Crippen molar-refractivity contribution in [2.75, 3.05) is 7.11 Å². The predicted molar refractivity (Wildman–Crippen MR) is 137 cm³/mol. The lowest BCUT2D eigenvalue weighted by molar-refractivity contribution is 0.0714. The number of hydrogen-bond acceptors (Lipinski definition) is 4. The van der Waals surface area contributed by atoms with E-state index in [0.29, 0.717) is 29.0 Å². The maximum absolute atomic E-state index is 13.8. The molecule has 0 saturated carbocycles. The van der Waals surface area contributed by atoms with Crippen molar-refractivity contribution in [1.82, 2.24) is 4.90 Å². The molecular weight excluding hydrogens is 438 g/mol. The molecule has 0 fully saturated rings. The van der Waals surface area contributed by atoms with E-state index in [1.807, 2.05) is 62.4 Å². The third-order valence-corrected chi connectivity index (χ3v) is 7.01. The summed E-state index contributed by atoms with van der Waals surface area (Å²) in [5.74, 6) is 1.000. The van der Waals surface area contributed by atoms with Crippen LogP contribution in [0, 0.1) is 13.8 Å². The number of amides is 1. The molecule has 5 rings (SSSR count). The number of aryl methyl sites for hydroxylation is 2. The predicted octanol–water partition coefficient (Wildman–Crippen LogP) is 6.29. The largest absolute Gasteiger partial charge is 0.497 e. The summed E-state index contributed by atoms with van der Waals surface area (Å²) in [6.07, 6.45) is 0. The first kappa shape index (κ1) is 22.9. The maximum Gasteiger partial charge on any atom is 0.291 e. The van der Waals surface area contributed by atoms with E-state index in [9.17, 15) is 9.59 Å². The SMILES string of the molecule is COc1ccc(CN2C(=O)c3oc4cc(C)c(C)cc4c(=O)c3C2c2ccc(C(C)C)cc2)cc1. The molecule has 0 spiro atoms. The van der Waals surface area contributed by atoms with Gasteiger partial charge in [0, 0.05) is 6.54 Å². The minimum Gasteiger partial charge on any atom is -0.497 e. The molecule has 4 aromatic rings. The fourth-order valence-electron chi connectivity index (χ4n) is 4.78. The van der Waals surface area contributed by atoms with Crippen molar-refractivity contribution in [3.05, 3.63) is 110 Å². The number of hydrogen-bond donors (Lipinski definition) is 0.